The smallest absolute Gasteiger partial charge is 0.324 e. The summed E-state index contributed by atoms with van der Waals surface area (Å²) in [6.07, 6.45) is 14.4. The average molecular weight is 334 g/mol. The van der Waals surface area contributed by atoms with Crippen LogP contribution in [-0.2, 0) is 9.09 Å². The molecule has 134 valence electrons. The lowest BCUT2D eigenvalue weighted by Gasteiger charge is -2.18. The van der Waals surface area contributed by atoms with E-state index < -0.39 is 7.60 Å². The highest BCUT2D eigenvalue weighted by Gasteiger charge is 2.23. The zero-order valence-corrected chi connectivity index (χ0v) is 16.1. The summed E-state index contributed by atoms with van der Waals surface area (Å²) in [5, 5.41) is 0. The van der Waals surface area contributed by atoms with E-state index in [9.17, 15) is 9.46 Å². The number of rotatable bonds is 16. The molecule has 0 saturated carbocycles. The quantitative estimate of drug-likeness (QED) is 0.257. The first-order valence-electron chi connectivity index (χ1n) is 9.52. The first-order chi connectivity index (χ1) is 10.6. The van der Waals surface area contributed by atoms with Gasteiger partial charge in [-0.15, -0.1) is 0 Å². The van der Waals surface area contributed by atoms with Gasteiger partial charge in [0.15, 0.2) is 0 Å². The summed E-state index contributed by atoms with van der Waals surface area (Å²) < 4.78 is 17.4. The van der Waals surface area contributed by atoms with E-state index >= 15 is 0 Å². The van der Waals surface area contributed by atoms with Crippen molar-refractivity contribution < 1.29 is 14.0 Å². The molecule has 0 spiro atoms. The van der Waals surface area contributed by atoms with Crippen molar-refractivity contribution >= 4 is 7.60 Å². The molecule has 1 N–H and O–H groups in total. The minimum Gasteiger partial charge on any atom is -0.324 e. The third-order valence-electron chi connectivity index (χ3n) is 4.32. The van der Waals surface area contributed by atoms with Crippen molar-refractivity contribution in [2.45, 2.75) is 97.8 Å². The highest BCUT2D eigenvalue weighted by molar-refractivity contribution is 7.52. The van der Waals surface area contributed by atoms with Crippen LogP contribution in [0.25, 0.3) is 0 Å². The molecule has 2 atom stereocenters. The predicted octanol–water partition coefficient (Wildman–Crippen LogP) is 6.55. The molecule has 2 unspecified atom stereocenters. The van der Waals surface area contributed by atoms with E-state index in [1.54, 1.807) is 0 Å². The lowest BCUT2D eigenvalue weighted by molar-refractivity contribution is 0.246. The molecular formula is C18H39O3P. The minimum absolute atomic E-state index is 0.328. The Morgan fingerprint density at radius 2 is 1.41 bits per heavy atom. The molecule has 0 aliphatic heterocycles. The maximum atomic E-state index is 12.1. The highest BCUT2D eigenvalue weighted by Crippen LogP contribution is 2.45. The van der Waals surface area contributed by atoms with Crippen molar-refractivity contribution in [1.29, 1.82) is 0 Å². The van der Waals surface area contributed by atoms with Gasteiger partial charge in [-0.1, -0.05) is 85.0 Å². The standard InChI is InChI=1S/C18H39O3P/c1-4-7-9-10-11-12-13-14-16-21-22(19,20)17-18(6-3)15-8-5-2/h18H,4-17H2,1-3H3,(H,19,20). The number of hydrogen-bond acceptors (Lipinski definition) is 2. The Bertz CT molecular complexity index is 282. The predicted molar refractivity (Wildman–Crippen MR) is 96.6 cm³/mol. The van der Waals surface area contributed by atoms with Crippen LogP contribution in [-0.4, -0.2) is 17.7 Å². The van der Waals surface area contributed by atoms with Gasteiger partial charge in [0.05, 0.1) is 12.8 Å². The Kier molecular flexibility index (Phi) is 14.8. The molecular weight excluding hydrogens is 295 g/mol. The van der Waals surface area contributed by atoms with Gasteiger partial charge in [-0.05, 0) is 18.8 Å². The molecule has 22 heavy (non-hydrogen) atoms. The van der Waals surface area contributed by atoms with Gasteiger partial charge in [-0.25, -0.2) is 0 Å². The molecule has 0 aromatic heterocycles. The lowest BCUT2D eigenvalue weighted by atomic mass is 10.0. The summed E-state index contributed by atoms with van der Waals surface area (Å²) in [7, 11) is -3.38. The molecule has 0 fully saturated rings. The first kappa shape index (κ1) is 22.1. The molecule has 0 aliphatic rings. The second-order valence-corrected chi connectivity index (χ2v) is 8.44. The van der Waals surface area contributed by atoms with Gasteiger partial charge in [-0.2, -0.15) is 0 Å². The first-order valence-corrected chi connectivity index (χ1v) is 11.3. The molecule has 0 aromatic carbocycles. The van der Waals surface area contributed by atoms with E-state index in [-0.39, 0.29) is 0 Å². The van der Waals surface area contributed by atoms with E-state index in [2.05, 4.69) is 20.8 Å². The Morgan fingerprint density at radius 3 is 1.95 bits per heavy atom. The number of unbranched alkanes of at least 4 members (excludes halogenated alkanes) is 8. The Balaban J connectivity index is 3.64. The van der Waals surface area contributed by atoms with Crippen molar-refractivity contribution in [2.24, 2.45) is 5.92 Å². The van der Waals surface area contributed by atoms with Crippen molar-refractivity contribution in [2.75, 3.05) is 12.8 Å². The van der Waals surface area contributed by atoms with Crippen LogP contribution in [0.2, 0.25) is 0 Å². The van der Waals surface area contributed by atoms with Gasteiger partial charge in [0, 0.05) is 0 Å². The Labute approximate surface area is 138 Å². The molecule has 0 saturated heterocycles. The SMILES string of the molecule is CCCCCCCCCCOP(=O)(O)CC(CC)CCCC. The second kappa shape index (κ2) is 14.7. The van der Waals surface area contributed by atoms with E-state index in [4.69, 9.17) is 4.52 Å². The van der Waals surface area contributed by atoms with Crippen LogP contribution in [0.5, 0.6) is 0 Å². The maximum Gasteiger partial charge on any atom is 0.328 e. The normalized spacial score (nSPS) is 15.6. The molecule has 0 aliphatic carbocycles. The molecule has 0 heterocycles. The molecule has 4 heteroatoms. The summed E-state index contributed by atoms with van der Waals surface area (Å²) >= 11 is 0. The summed E-state index contributed by atoms with van der Waals surface area (Å²) in [4.78, 5) is 9.95. The van der Waals surface area contributed by atoms with E-state index in [0.29, 0.717) is 18.7 Å². The van der Waals surface area contributed by atoms with Crippen LogP contribution < -0.4 is 0 Å². The number of hydrogen-bond donors (Lipinski definition) is 1. The van der Waals surface area contributed by atoms with Gasteiger partial charge < -0.3 is 9.42 Å². The molecule has 3 nitrogen and oxygen atoms in total. The van der Waals surface area contributed by atoms with Crippen LogP contribution in [0.4, 0.5) is 0 Å². The van der Waals surface area contributed by atoms with Gasteiger partial charge >= 0.3 is 7.60 Å². The molecule has 0 radical (unpaired) electrons. The van der Waals surface area contributed by atoms with Crippen LogP contribution in [0.1, 0.15) is 97.8 Å². The van der Waals surface area contributed by atoms with E-state index in [0.717, 1.165) is 38.5 Å². The zero-order valence-electron chi connectivity index (χ0n) is 15.2. The van der Waals surface area contributed by atoms with Gasteiger partial charge in [0.1, 0.15) is 0 Å². The summed E-state index contributed by atoms with van der Waals surface area (Å²) in [6, 6.07) is 0. The Morgan fingerprint density at radius 1 is 0.864 bits per heavy atom. The fourth-order valence-electron chi connectivity index (χ4n) is 2.74. The van der Waals surface area contributed by atoms with E-state index in [1.807, 2.05) is 0 Å². The van der Waals surface area contributed by atoms with E-state index in [1.165, 1.54) is 38.5 Å². The lowest BCUT2D eigenvalue weighted by Crippen LogP contribution is -2.08. The van der Waals surface area contributed by atoms with Gasteiger partial charge in [-0.3, -0.25) is 4.57 Å². The average Bonchev–Trinajstić information content (AvgIpc) is 2.49. The largest absolute Gasteiger partial charge is 0.328 e. The minimum atomic E-state index is -3.38. The van der Waals surface area contributed by atoms with Crippen LogP contribution in [0.3, 0.4) is 0 Å². The van der Waals surface area contributed by atoms with Crippen molar-refractivity contribution in [3.8, 4) is 0 Å². The summed E-state index contributed by atoms with van der Waals surface area (Å²) in [5.41, 5.74) is 0. The topological polar surface area (TPSA) is 46.5 Å². The molecule has 0 bridgehead atoms. The van der Waals surface area contributed by atoms with Crippen molar-refractivity contribution in [3.63, 3.8) is 0 Å². The van der Waals surface area contributed by atoms with Crippen LogP contribution >= 0.6 is 7.60 Å². The Hall–Kier alpha value is 0.150. The van der Waals surface area contributed by atoms with Crippen LogP contribution in [0.15, 0.2) is 0 Å². The molecule has 0 amide bonds. The van der Waals surface area contributed by atoms with Crippen LogP contribution in [0, 0.1) is 5.92 Å². The highest BCUT2D eigenvalue weighted by atomic mass is 31.2. The third-order valence-corrected chi connectivity index (χ3v) is 5.89. The van der Waals surface area contributed by atoms with Crippen molar-refractivity contribution in [1.82, 2.24) is 0 Å². The fraction of sp³-hybridized carbons (Fsp3) is 1.00. The summed E-state index contributed by atoms with van der Waals surface area (Å²) in [5.74, 6) is 0.328. The maximum absolute atomic E-state index is 12.1. The fourth-order valence-corrected chi connectivity index (χ4v) is 4.35. The zero-order chi connectivity index (χ0) is 16.7. The molecule has 0 aromatic rings. The van der Waals surface area contributed by atoms with Gasteiger partial charge in [0.2, 0.25) is 0 Å². The summed E-state index contributed by atoms with van der Waals surface area (Å²) in [6.45, 7) is 6.92. The van der Waals surface area contributed by atoms with Crippen molar-refractivity contribution in [3.05, 3.63) is 0 Å². The third kappa shape index (κ3) is 13.8. The molecule has 0 rings (SSSR count). The second-order valence-electron chi connectivity index (χ2n) is 6.54. The van der Waals surface area contributed by atoms with Gasteiger partial charge in [0.25, 0.3) is 0 Å². The monoisotopic (exact) mass is 334 g/mol.